The molecule has 1 rings (SSSR count). The normalized spacial score (nSPS) is 13.9. The molecule has 88 valence electrons. The van der Waals surface area contributed by atoms with Gasteiger partial charge in [0.15, 0.2) is 5.96 Å². The highest BCUT2D eigenvalue weighted by Crippen LogP contribution is 2.24. The van der Waals surface area contributed by atoms with E-state index in [-0.39, 0.29) is 12.1 Å². The minimum atomic E-state index is -0.0417. The summed E-state index contributed by atoms with van der Waals surface area (Å²) in [5.74, 6) is 0.447. The molecule has 0 aliphatic rings. The van der Waals surface area contributed by atoms with Crippen molar-refractivity contribution in [3.8, 4) is 0 Å². The monoisotopic (exact) mass is 239 g/mol. The zero-order valence-electron chi connectivity index (χ0n) is 9.87. The first-order valence-corrected chi connectivity index (χ1v) is 5.72. The minimum absolute atomic E-state index is 0.0417. The Hall–Kier alpha value is -1.22. The van der Waals surface area contributed by atoms with E-state index in [2.05, 4.69) is 10.3 Å². The van der Waals surface area contributed by atoms with Crippen LogP contribution in [-0.2, 0) is 0 Å². The van der Waals surface area contributed by atoms with Crippen molar-refractivity contribution in [3.63, 3.8) is 0 Å². The fourth-order valence-electron chi connectivity index (χ4n) is 1.43. The second kappa shape index (κ2) is 5.75. The van der Waals surface area contributed by atoms with Gasteiger partial charge in [0.05, 0.1) is 6.04 Å². The zero-order valence-corrected chi connectivity index (χ0v) is 10.6. The topological polar surface area (TPSA) is 50.4 Å². The van der Waals surface area contributed by atoms with Crippen LogP contribution in [0, 0.1) is 0 Å². The number of nitrogens with zero attached hydrogens (tertiary/aromatic N) is 1. The molecule has 0 bridgehead atoms. The zero-order chi connectivity index (χ0) is 12.1. The molecular formula is C12H18ClN3. The van der Waals surface area contributed by atoms with Crippen LogP contribution in [-0.4, -0.2) is 12.0 Å². The Morgan fingerprint density at radius 3 is 2.50 bits per heavy atom. The Morgan fingerprint density at radius 1 is 1.31 bits per heavy atom. The minimum Gasteiger partial charge on any atom is -0.370 e. The average molecular weight is 240 g/mol. The fraction of sp³-hybridized carbons (Fsp3) is 0.417. The van der Waals surface area contributed by atoms with Gasteiger partial charge in [-0.3, -0.25) is 0 Å². The third-order valence-corrected chi connectivity index (χ3v) is 2.47. The van der Waals surface area contributed by atoms with Crippen molar-refractivity contribution in [3.05, 3.63) is 34.9 Å². The average Bonchev–Trinajstić information content (AvgIpc) is 2.16. The van der Waals surface area contributed by atoms with Crippen LogP contribution in [0.3, 0.4) is 0 Å². The van der Waals surface area contributed by atoms with Gasteiger partial charge in [0.1, 0.15) is 0 Å². The lowest BCUT2D eigenvalue weighted by atomic mass is 10.1. The second-order valence-electron chi connectivity index (χ2n) is 4.01. The standard InChI is InChI=1S/C12H18ClN3/c1-8(2)15-12(14)16-9(3)10-6-4-5-7-11(10)13/h4-9H,1-3H3,(H3,14,15,16). The molecule has 16 heavy (non-hydrogen) atoms. The third kappa shape index (κ3) is 3.74. The number of hydrogen-bond acceptors (Lipinski definition) is 1. The number of aliphatic imine (C=N–C) groups is 1. The maximum Gasteiger partial charge on any atom is 0.189 e. The van der Waals surface area contributed by atoms with Crippen LogP contribution in [0.25, 0.3) is 0 Å². The molecule has 0 radical (unpaired) electrons. The maximum absolute atomic E-state index is 6.08. The molecule has 0 saturated carbocycles. The van der Waals surface area contributed by atoms with Gasteiger partial charge in [-0.15, -0.1) is 0 Å². The molecule has 0 spiro atoms. The molecule has 0 aliphatic carbocycles. The summed E-state index contributed by atoms with van der Waals surface area (Å²) in [5, 5.41) is 3.77. The molecule has 0 aliphatic heterocycles. The first-order chi connectivity index (χ1) is 7.50. The Kier molecular flexibility index (Phi) is 4.62. The molecule has 4 heteroatoms. The summed E-state index contributed by atoms with van der Waals surface area (Å²) in [6.45, 7) is 6.00. The highest BCUT2D eigenvalue weighted by Gasteiger charge is 2.08. The van der Waals surface area contributed by atoms with Gasteiger partial charge in [-0.2, -0.15) is 0 Å². The third-order valence-electron chi connectivity index (χ3n) is 2.12. The van der Waals surface area contributed by atoms with Gasteiger partial charge in [0.2, 0.25) is 0 Å². The quantitative estimate of drug-likeness (QED) is 0.630. The van der Waals surface area contributed by atoms with Crippen LogP contribution in [0.4, 0.5) is 0 Å². The van der Waals surface area contributed by atoms with E-state index in [1.54, 1.807) is 0 Å². The SMILES string of the molecule is CC(C)NC(N)=NC(C)c1ccccc1Cl. The Bertz CT molecular complexity index is 374. The summed E-state index contributed by atoms with van der Waals surface area (Å²) in [6, 6.07) is 7.90. The van der Waals surface area contributed by atoms with Gasteiger partial charge in [-0.25, -0.2) is 4.99 Å². The smallest absolute Gasteiger partial charge is 0.189 e. The number of nitrogens with two attached hydrogens (primary N) is 1. The van der Waals surface area contributed by atoms with E-state index >= 15 is 0 Å². The van der Waals surface area contributed by atoms with E-state index in [1.165, 1.54) is 0 Å². The molecule has 0 saturated heterocycles. The molecule has 0 fully saturated rings. The number of nitrogens with one attached hydrogen (secondary N) is 1. The van der Waals surface area contributed by atoms with E-state index in [0.717, 1.165) is 10.6 Å². The molecule has 0 heterocycles. The number of rotatable bonds is 3. The van der Waals surface area contributed by atoms with Gasteiger partial charge < -0.3 is 11.1 Å². The highest BCUT2D eigenvalue weighted by atomic mass is 35.5. The van der Waals surface area contributed by atoms with Crippen molar-refractivity contribution < 1.29 is 0 Å². The van der Waals surface area contributed by atoms with E-state index in [4.69, 9.17) is 17.3 Å². The van der Waals surface area contributed by atoms with Crippen molar-refractivity contribution in [1.29, 1.82) is 0 Å². The molecule has 1 atom stereocenters. The Labute approximate surface area is 102 Å². The van der Waals surface area contributed by atoms with Gasteiger partial charge >= 0.3 is 0 Å². The van der Waals surface area contributed by atoms with Gasteiger partial charge in [-0.1, -0.05) is 29.8 Å². The number of hydrogen-bond donors (Lipinski definition) is 2. The van der Waals surface area contributed by atoms with Crippen LogP contribution in [0.2, 0.25) is 5.02 Å². The number of benzene rings is 1. The van der Waals surface area contributed by atoms with Crippen LogP contribution >= 0.6 is 11.6 Å². The molecule has 3 nitrogen and oxygen atoms in total. The van der Waals surface area contributed by atoms with Crippen molar-refractivity contribution in [2.75, 3.05) is 0 Å². The number of guanidine groups is 1. The fourth-order valence-corrected chi connectivity index (χ4v) is 1.72. The van der Waals surface area contributed by atoms with Gasteiger partial charge in [0, 0.05) is 11.1 Å². The predicted octanol–water partition coefficient (Wildman–Crippen LogP) is 2.71. The molecule has 1 unspecified atom stereocenters. The van der Waals surface area contributed by atoms with Gasteiger partial charge in [-0.05, 0) is 32.4 Å². The number of halogens is 1. The van der Waals surface area contributed by atoms with Crippen molar-refractivity contribution >= 4 is 17.6 Å². The summed E-state index contributed by atoms with van der Waals surface area (Å²) >= 11 is 6.08. The van der Waals surface area contributed by atoms with Crippen LogP contribution in [0.5, 0.6) is 0 Å². The van der Waals surface area contributed by atoms with E-state index in [0.29, 0.717) is 5.96 Å². The molecule has 1 aromatic carbocycles. The molecule has 0 amide bonds. The summed E-state index contributed by atoms with van der Waals surface area (Å²) in [7, 11) is 0. The molecule has 3 N–H and O–H groups in total. The van der Waals surface area contributed by atoms with Crippen molar-refractivity contribution in [2.24, 2.45) is 10.7 Å². The summed E-state index contributed by atoms with van der Waals surface area (Å²) in [6.07, 6.45) is 0. The van der Waals surface area contributed by atoms with Gasteiger partial charge in [0.25, 0.3) is 0 Å². The van der Waals surface area contributed by atoms with E-state index in [9.17, 15) is 0 Å². The molecular weight excluding hydrogens is 222 g/mol. The summed E-state index contributed by atoms with van der Waals surface area (Å²) < 4.78 is 0. The molecule has 0 aromatic heterocycles. The lowest BCUT2D eigenvalue weighted by molar-refractivity contribution is 0.711. The summed E-state index contributed by atoms with van der Waals surface area (Å²) in [5.41, 5.74) is 6.74. The predicted molar refractivity (Wildman–Crippen MR) is 69.8 cm³/mol. The second-order valence-corrected chi connectivity index (χ2v) is 4.42. The Morgan fingerprint density at radius 2 is 1.94 bits per heavy atom. The molecule has 1 aromatic rings. The van der Waals surface area contributed by atoms with Crippen molar-refractivity contribution in [1.82, 2.24) is 5.32 Å². The first kappa shape index (κ1) is 12.8. The summed E-state index contributed by atoms with van der Waals surface area (Å²) in [4.78, 5) is 4.35. The van der Waals surface area contributed by atoms with E-state index < -0.39 is 0 Å². The van der Waals surface area contributed by atoms with E-state index in [1.807, 2.05) is 45.0 Å². The van der Waals surface area contributed by atoms with Crippen LogP contribution < -0.4 is 11.1 Å². The maximum atomic E-state index is 6.08. The van der Waals surface area contributed by atoms with Crippen molar-refractivity contribution in [2.45, 2.75) is 32.9 Å². The highest BCUT2D eigenvalue weighted by molar-refractivity contribution is 6.31. The van der Waals surface area contributed by atoms with Crippen LogP contribution in [0.15, 0.2) is 29.3 Å². The Balaban J connectivity index is 2.79. The van der Waals surface area contributed by atoms with Crippen LogP contribution in [0.1, 0.15) is 32.4 Å². The largest absolute Gasteiger partial charge is 0.370 e. The lowest BCUT2D eigenvalue weighted by Crippen LogP contribution is -2.36. The lowest BCUT2D eigenvalue weighted by Gasteiger charge is -2.13. The first-order valence-electron chi connectivity index (χ1n) is 5.35.